The fourth-order valence-electron chi connectivity index (χ4n) is 1.83. The largest absolute Gasteiger partial charge is 0.461 e. The average molecular weight is 346 g/mol. The van der Waals surface area contributed by atoms with E-state index < -0.39 is 41.0 Å². The molecule has 1 aromatic rings. The first-order chi connectivity index (χ1) is 11.2. The quantitative estimate of drug-likeness (QED) is 0.329. The van der Waals surface area contributed by atoms with E-state index in [1.165, 1.54) is 12.2 Å². The summed E-state index contributed by atoms with van der Waals surface area (Å²) in [6.07, 6.45) is -2.57. The second kappa shape index (κ2) is 8.28. The Labute approximate surface area is 135 Å². The Morgan fingerprint density at radius 1 is 1.08 bits per heavy atom. The van der Waals surface area contributed by atoms with Crippen LogP contribution >= 0.6 is 0 Å². The van der Waals surface area contributed by atoms with E-state index in [4.69, 9.17) is 0 Å². The van der Waals surface area contributed by atoms with Crippen LogP contribution in [0.1, 0.15) is 17.0 Å². The highest BCUT2D eigenvalue weighted by atomic mass is 19.4. The van der Waals surface area contributed by atoms with E-state index in [2.05, 4.69) is 22.6 Å². The lowest BCUT2D eigenvalue weighted by atomic mass is 9.93. The predicted molar refractivity (Wildman–Crippen MR) is 76.5 cm³/mol. The Balaban J connectivity index is 3.39. The molecule has 0 saturated heterocycles. The molecule has 0 N–H and O–H groups in total. The van der Waals surface area contributed by atoms with Gasteiger partial charge in [0.2, 0.25) is 0 Å². The lowest BCUT2D eigenvalue weighted by Crippen LogP contribution is -2.28. The molecule has 0 aliphatic rings. The molecule has 24 heavy (non-hydrogen) atoms. The molecule has 4 nitrogen and oxygen atoms in total. The fourth-order valence-corrected chi connectivity index (χ4v) is 1.83. The zero-order chi connectivity index (χ0) is 18.3. The molecule has 0 unspecified atom stereocenters. The van der Waals surface area contributed by atoms with Crippen molar-refractivity contribution in [2.45, 2.75) is 12.1 Å². The molecule has 1 aromatic carbocycles. The maximum atomic E-state index is 13.4. The normalized spacial score (nSPS) is 11.0. The summed E-state index contributed by atoms with van der Waals surface area (Å²) < 4.78 is 62.0. The van der Waals surface area contributed by atoms with E-state index in [9.17, 15) is 27.2 Å². The number of hydrogen-bond donors (Lipinski definition) is 0. The van der Waals surface area contributed by atoms with Crippen molar-refractivity contribution in [2.24, 2.45) is 0 Å². The van der Waals surface area contributed by atoms with Crippen LogP contribution in [-0.4, -0.2) is 25.2 Å². The third-order valence-corrected chi connectivity index (χ3v) is 2.79. The third kappa shape index (κ3) is 4.94. The van der Waals surface area contributed by atoms with Gasteiger partial charge in [0.15, 0.2) is 5.92 Å². The molecule has 0 aliphatic carbocycles. The van der Waals surface area contributed by atoms with E-state index in [0.717, 1.165) is 0 Å². The van der Waals surface area contributed by atoms with Gasteiger partial charge in [0.05, 0.1) is 5.56 Å². The van der Waals surface area contributed by atoms with Gasteiger partial charge in [0.1, 0.15) is 19.0 Å². The molecule has 130 valence electrons. The van der Waals surface area contributed by atoms with Gasteiger partial charge in [-0.15, -0.1) is 0 Å². The molecule has 8 heteroatoms. The number of benzene rings is 1. The maximum absolute atomic E-state index is 13.4. The molecule has 0 heterocycles. The lowest BCUT2D eigenvalue weighted by molar-refractivity contribution is -0.156. The summed E-state index contributed by atoms with van der Waals surface area (Å²) in [5, 5.41) is 0. The summed E-state index contributed by atoms with van der Waals surface area (Å²) >= 11 is 0. The molecule has 0 amide bonds. The second-order valence-electron chi connectivity index (χ2n) is 4.50. The Morgan fingerprint density at radius 2 is 1.58 bits per heavy atom. The van der Waals surface area contributed by atoms with Crippen LogP contribution in [-0.2, 0) is 25.2 Å². The van der Waals surface area contributed by atoms with Crippen LogP contribution in [0, 0.1) is 5.82 Å². The standard InChI is InChI=1S/C16H14F4O4/c1-3-7-23-14(21)13(15(22)24-8-4-2)11-9-10(17)5-6-12(11)16(18,19)20/h3-6,9,13H,1-2,7-8H2. The highest BCUT2D eigenvalue weighted by molar-refractivity contribution is 6.01. The number of carbonyl (C=O) groups excluding carboxylic acids is 2. The van der Waals surface area contributed by atoms with Crippen LogP contribution in [0.25, 0.3) is 0 Å². The van der Waals surface area contributed by atoms with Crippen molar-refractivity contribution >= 4 is 11.9 Å². The topological polar surface area (TPSA) is 52.6 Å². The zero-order valence-electron chi connectivity index (χ0n) is 12.4. The molecule has 0 atom stereocenters. The Hall–Kier alpha value is -2.64. The SMILES string of the molecule is C=CCOC(=O)C(C(=O)OCC=C)c1cc(F)ccc1C(F)(F)F. The van der Waals surface area contributed by atoms with Crippen molar-refractivity contribution in [3.8, 4) is 0 Å². The van der Waals surface area contributed by atoms with E-state index in [0.29, 0.717) is 18.2 Å². The van der Waals surface area contributed by atoms with Crippen LogP contribution < -0.4 is 0 Å². The number of carbonyl (C=O) groups is 2. The minimum Gasteiger partial charge on any atom is -0.461 e. The molecule has 0 bridgehead atoms. The van der Waals surface area contributed by atoms with Crippen molar-refractivity contribution in [2.75, 3.05) is 13.2 Å². The Morgan fingerprint density at radius 3 is 2.00 bits per heavy atom. The van der Waals surface area contributed by atoms with Gasteiger partial charge in [0, 0.05) is 0 Å². The van der Waals surface area contributed by atoms with Gasteiger partial charge >= 0.3 is 18.1 Å². The average Bonchev–Trinajstić information content (AvgIpc) is 2.50. The van der Waals surface area contributed by atoms with Crippen LogP contribution in [0.2, 0.25) is 0 Å². The van der Waals surface area contributed by atoms with Gasteiger partial charge in [-0.05, 0) is 23.8 Å². The smallest absolute Gasteiger partial charge is 0.416 e. The zero-order valence-corrected chi connectivity index (χ0v) is 12.4. The first-order valence-corrected chi connectivity index (χ1v) is 6.64. The van der Waals surface area contributed by atoms with Gasteiger partial charge in [-0.25, -0.2) is 4.39 Å². The van der Waals surface area contributed by atoms with Gasteiger partial charge in [0.25, 0.3) is 0 Å². The Bertz CT molecular complexity index is 613. The summed E-state index contributed by atoms with van der Waals surface area (Å²) in [7, 11) is 0. The van der Waals surface area contributed by atoms with Crippen molar-refractivity contribution in [3.63, 3.8) is 0 Å². The third-order valence-electron chi connectivity index (χ3n) is 2.79. The van der Waals surface area contributed by atoms with E-state index in [1.54, 1.807) is 0 Å². The van der Waals surface area contributed by atoms with Crippen LogP contribution in [0.5, 0.6) is 0 Å². The maximum Gasteiger partial charge on any atom is 0.416 e. The first kappa shape index (κ1) is 19.4. The summed E-state index contributed by atoms with van der Waals surface area (Å²) in [6.45, 7) is 5.90. The van der Waals surface area contributed by atoms with Crippen molar-refractivity contribution in [1.82, 2.24) is 0 Å². The minimum absolute atomic E-state index is 0.333. The Kier molecular flexibility index (Phi) is 6.69. The molecule has 1 rings (SSSR count). The number of rotatable bonds is 7. The molecule has 0 fully saturated rings. The molecule has 0 radical (unpaired) electrons. The van der Waals surface area contributed by atoms with E-state index in [1.807, 2.05) is 0 Å². The van der Waals surface area contributed by atoms with Gasteiger partial charge in [-0.1, -0.05) is 25.3 Å². The second-order valence-corrected chi connectivity index (χ2v) is 4.50. The highest BCUT2D eigenvalue weighted by Gasteiger charge is 2.41. The highest BCUT2D eigenvalue weighted by Crippen LogP contribution is 2.36. The van der Waals surface area contributed by atoms with Crippen molar-refractivity contribution in [3.05, 3.63) is 60.5 Å². The predicted octanol–water partition coefficient (Wildman–Crippen LogP) is 3.39. The molecule has 0 aliphatic heterocycles. The van der Waals surface area contributed by atoms with Gasteiger partial charge < -0.3 is 9.47 Å². The van der Waals surface area contributed by atoms with Crippen LogP contribution in [0.3, 0.4) is 0 Å². The summed E-state index contributed by atoms with van der Waals surface area (Å²) in [4.78, 5) is 24.0. The summed E-state index contributed by atoms with van der Waals surface area (Å²) in [5.41, 5.74) is -2.22. The molecular weight excluding hydrogens is 332 g/mol. The molecule has 0 aromatic heterocycles. The lowest BCUT2D eigenvalue weighted by Gasteiger charge is -2.19. The van der Waals surface area contributed by atoms with E-state index >= 15 is 0 Å². The van der Waals surface area contributed by atoms with Crippen LogP contribution in [0.15, 0.2) is 43.5 Å². The molecule has 0 saturated carbocycles. The number of hydrogen-bond acceptors (Lipinski definition) is 4. The first-order valence-electron chi connectivity index (χ1n) is 6.64. The van der Waals surface area contributed by atoms with Crippen molar-refractivity contribution in [1.29, 1.82) is 0 Å². The number of ether oxygens (including phenoxy) is 2. The number of esters is 2. The van der Waals surface area contributed by atoms with Crippen LogP contribution in [0.4, 0.5) is 17.6 Å². The monoisotopic (exact) mass is 346 g/mol. The van der Waals surface area contributed by atoms with Gasteiger partial charge in [-0.2, -0.15) is 13.2 Å². The van der Waals surface area contributed by atoms with E-state index in [-0.39, 0.29) is 13.2 Å². The fraction of sp³-hybridized carbons (Fsp3) is 0.250. The number of alkyl halides is 3. The van der Waals surface area contributed by atoms with Gasteiger partial charge in [-0.3, -0.25) is 9.59 Å². The summed E-state index contributed by atoms with van der Waals surface area (Å²) in [6, 6.07) is 1.48. The molecule has 0 spiro atoms. The number of halogens is 4. The summed E-state index contributed by atoms with van der Waals surface area (Å²) in [5.74, 6) is -5.74. The molecular formula is C16H14F4O4. The minimum atomic E-state index is -4.90. The van der Waals surface area contributed by atoms with Crippen molar-refractivity contribution < 1.29 is 36.6 Å².